The number of nitrogen functional groups attached to an aromatic ring is 2. The number of hydrogen-bond donors (Lipinski definition) is 4. The summed E-state index contributed by atoms with van der Waals surface area (Å²) in [6.07, 6.45) is 0. The van der Waals surface area contributed by atoms with Gasteiger partial charge in [0.1, 0.15) is 11.3 Å². The van der Waals surface area contributed by atoms with E-state index in [1.807, 2.05) is 6.07 Å². The van der Waals surface area contributed by atoms with Gasteiger partial charge in [-0.15, -0.1) is 0 Å². The Morgan fingerprint density at radius 2 is 1.90 bits per heavy atom. The van der Waals surface area contributed by atoms with Gasteiger partial charge in [-0.3, -0.25) is 0 Å². The predicted molar refractivity (Wildman–Crippen MR) is 74.0 cm³/mol. The van der Waals surface area contributed by atoms with Crippen molar-refractivity contribution >= 4 is 17.3 Å². The van der Waals surface area contributed by atoms with Crippen molar-refractivity contribution in [2.24, 2.45) is 0 Å². The number of hydrogen-bond acceptors (Lipinski definition) is 5. The molecule has 0 amide bonds. The lowest BCUT2D eigenvalue weighted by atomic mass is 9.98. The van der Waals surface area contributed by atoms with Crippen LogP contribution in [0.4, 0.5) is 11.4 Å². The first-order valence-corrected chi connectivity index (χ1v) is 5.60. The quantitative estimate of drug-likeness (QED) is 0.614. The second kappa shape index (κ2) is 4.82. The molecule has 0 bridgehead atoms. The van der Waals surface area contributed by atoms with Crippen LogP contribution in [0.3, 0.4) is 0 Å². The summed E-state index contributed by atoms with van der Waals surface area (Å²) < 4.78 is 0. The van der Waals surface area contributed by atoms with E-state index in [0.29, 0.717) is 16.7 Å². The Bertz CT molecular complexity index is 748. The molecule has 0 aliphatic carbocycles. The number of benzene rings is 2. The first kappa shape index (κ1) is 13.2. The second-order valence-corrected chi connectivity index (χ2v) is 4.18. The number of nitrogens with two attached hydrogens (primary N) is 2. The average Bonchev–Trinajstić information content (AvgIpc) is 2.41. The molecule has 0 spiro atoms. The minimum absolute atomic E-state index is 0.211. The van der Waals surface area contributed by atoms with Crippen molar-refractivity contribution in [1.82, 2.24) is 0 Å². The number of phenols is 1. The first-order chi connectivity index (χ1) is 9.43. The number of carbonyl (C=O) groups is 1. The molecular formula is C14H11N3O3. The van der Waals surface area contributed by atoms with Crippen molar-refractivity contribution in [3.05, 3.63) is 41.5 Å². The summed E-state index contributed by atoms with van der Waals surface area (Å²) in [4.78, 5) is 10.8. The smallest absolute Gasteiger partial charge is 0.339 e. The van der Waals surface area contributed by atoms with Crippen molar-refractivity contribution < 1.29 is 15.0 Å². The normalized spacial score (nSPS) is 9.95. The molecule has 0 atom stereocenters. The average molecular weight is 269 g/mol. The molecule has 0 saturated heterocycles. The van der Waals surface area contributed by atoms with Gasteiger partial charge in [0.2, 0.25) is 0 Å². The summed E-state index contributed by atoms with van der Waals surface area (Å²) in [6.45, 7) is 0. The molecule has 6 nitrogen and oxygen atoms in total. The Labute approximate surface area is 114 Å². The van der Waals surface area contributed by atoms with Crippen LogP contribution in [0, 0.1) is 11.3 Å². The van der Waals surface area contributed by atoms with Gasteiger partial charge >= 0.3 is 5.97 Å². The van der Waals surface area contributed by atoms with E-state index in [1.165, 1.54) is 30.3 Å². The SMILES string of the molecule is N#Cc1cc(N)c(N)c(-c2ccc(C(=O)O)c(O)c2)c1. The van der Waals surface area contributed by atoms with E-state index in [0.717, 1.165) is 0 Å². The van der Waals surface area contributed by atoms with Gasteiger partial charge in [-0.1, -0.05) is 6.07 Å². The van der Waals surface area contributed by atoms with Crippen LogP contribution in [0.5, 0.6) is 5.75 Å². The standard InChI is InChI=1S/C14H11N3O3/c15-6-7-3-10(13(17)11(16)4-7)8-1-2-9(14(19)20)12(18)5-8/h1-5,18H,16-17H2,(H,19,20). The molecule has 20 heavy (non-hydrogen) atoms. The number of aromatic hydroxyl groups is 1. The van der Waals surface area contributed by atoms with E-state index in [2.05, 4.69) is 0 Å². The molecule has 2 rings (SSSR count). The summed E-state index contributed by atoms with van der Waals surface area (Å²) in [5, 5.41) is 27.5. The van der Waals surface area contributed by atoms with Gasteiger partial charge < -0.3 is 21.7 Å². The van der Waals surface area contributed by atoms with E-state index in [-0.39, 0.29) is 22.7 Å². The van der Waals surface area contributed by atoms with Crippen LogP contribution >= 0.6 is 0 Å². The fourth-order valence-electron chi connectivity index (χ4n) is 1.86. The molecule has 2 aromatic rings. The highest BCUT2D eigenvalue weighted by atomic mass is 16.4. The van der Waals surface area contributed by atoms with E-state index < -0.39 is 5.97 Å². The molecule has 0 saturated carbocycles. The predicted octanol–water partition coefficient (Wildman–Crippen LogP) is 1.79. The first-order valence-electron chi connectivity index (χ1n) is 5.60. The Morgan fingerprint density at radius 3 is 2.45 bits per heavy atom. The molecule has 0 radical (unpaired) electrons. The molecule has 0 aromatic heterocycles. The van der Waals surface area contributed by atoms with Crippen LogP contribution in [0.1, 0.15) is 15.9 Å². The highest BCUT2D eigenvalue weighted by Gasteiger charge is 2.13. The zero-order chi connectivity index (χ0) is 14.9. The van der Waals surface area contributed by atoms with Crippen molar-refractivity contribution in [1.29, 1.82) is 5.26 Å². The molecular weight excluding hydrogens is 258 g/mol. The summed E-state index contributed by atoms with van der Waals surface area (Å²) in [7, 11) is 0. The minimum atomic E-state index is -1.23. The number of nitrogens with zero attached hydrogens (tertiary/aromatic N) is 1. The third-order valence-corrected chi connectivity index (χ3v) is 2.88. The van der Waals surface area contributed by atoms with Gasteiger partial charge in [-0.2, -0.15) is 5.26 Å². The van der Waals surface area contributed by atoms with Gasteiger partial charge in [0.15, 0.2) is 0 Å². The fraction of sp³-hybridized carbons (Fsp3) is 0. The summed E-state index contributed by atoms with van der Waals surface area (Å²) >= 11 is 0. The number of anilines is 2. The molecule has 0 unspecified atom stereocenters. The van der Waals surface area contributed by atoms with Crippen LogP contribution < -0.4 is 11.5 Å². The number of rotatable bonds is 2. The molecule has 0 heterocycles. The lowest BCUT2D eigenvalue weighted by Crippen LogP contribution is -2.00. The molecule has 6 N–H and O–H groups in total. The van der Waals surface area contributed by atoms with E-state index in [9.17, 15) is 9.90 Å². The number of aromatic carboxylic acids is 1. The largest absolute Gasteiger partial charge is 0.507 e. The number of carboxylic acid groups (broad SMARTS) is 1. The zero-order valence-corrected chi connectivity index (χ0v) is 10.3. The third kappa shape index (κ3) is 2.20. The van der Waals surface area contributed by atoms with Crippen molar-refractivity contribution in [3.8, 4) is 22.9 Å². The van der Waals surface area contributed by atoms with Crippen LogP contribution in [0.15, 0.2) is 30.3 Å². The highest BCUT2D eigenvalue weighted by molar-refractivity contribution is 5.93. The highest BCUT2D eigenvalue weighted by Crippen LogP contribution is 2.34. The fourth-order valence-corrected chi connectivity index (χ4v) is 1.86. The van der Waals surface area contributed by atoms with Crippen molar-refractivity contribution in [3.63, 3.8) is 0 Å². The maximum absolute atomic E-state index is 10.8. The van der Waals surface area contributed by atoms with Crippen LogP contribution in [-0.2, 0) is 0 Å². The molecule has 2 aromatic carbocycles. The lowest BCUT2D eigenvalue weighted by Gasteiger charge is -2.10. The Hall–Kier alpha value is -3.20. The van der Waals surface area contributed by atoms with Gasteiger partial charge in [-0.25, -0.2) is 4.79 Å². The summed E-state index contributed by atoms with van der Waals surface area (Å²) in [5.41, 5.74) is 13.2. The van der Waals surface area contributed by atoms with E-state index in [4.69, 9.17) is 21.8 Å². The van der Waals surface area contributed by atoms with Crippen LogP contribution in [0.2, 0.25) is 0 Å². The Kier molecular flexibility index (Phi) is 3.19. The minimum Gasteiger partial charge on any atom is -0.507 e. The van der Waals surface area contributed by atoms with Gasteiger partial charge in [0, 0.05) is 5.56 Å². The van der Waals surface area contributed by atoms with Gasteiger partial charge in [0.25, 0.3) is 0 Å². The van der Waals surface area contributed by atoms with Gasteiger partial charge in [0.05, 0.1) is 23.0 Å². The maximum atomic E-state index is 10.8. The third-order valence-electron chi connectivity index (χ3n) is 2.88. The topological polar surface area (TPSA) is 133 Å². The van der Waals surface area contributed by atoms with Gasteiger partial charge in [-0.05, 0) is 29.8 Å². The number of nitriles is 1. The van der Waals surface area contributed by atoms with Crippen molar-refractivity contribution in [2.75, 3.05) is 11.5 Å². The Morgan fingerprint density at radius 1 is 1.20 bits per heavy atom. The van der Waals surface area contributed by atoms with Crippen LogP contribution in [0.25, 0.3) is 11.1 Å². The van der Waals surface area contributed by atoms with E-state index in [1.54, 1.807) is 0 Å². The zero-order valence-electron chi connectivity index (χ0n) is 10.3. The number of carboxylic acids is 1. The molecule has 0 fully saturated rings. The maximum Gasteiger partial charge on any atom is 0.339 e. The second-order valence-electron chi connectivity index (χ2n) is 4.18. The Balaban J connectivity index is 2.63. The monoisotopic (exact) mass is 269 g/mol. The van der Waals surface area contributed by atoms with Crippen molar-refractivity contribution in [2.45, 2.75) is 0 Å². The molecule has 0 aliphatic heterocycles. The lowest BCUT2D eigenvalue weighted by molar-refractivity contribution is 0.0694. The van der Waals surface area contributed by atoms with Crippen LogP contribution in [-0.4, -0.2) is 16.2 Å². The molecule has 100 valence electrons. The summed E-state index contributed by atoms with van der Waals surface area (Å²) in [6, 6.07) is 8.97. The molecule has 0 aliphatic rings. The summed E-state index contributed by atoms with van der Waals surface area (Å²) in [5.74, 6) is -1.61. The molecule has 6 heteroatoms. The van der Waals surface area contributed by atoms with E-state index >= 15 is 0 Å².